The Labute approximate surface area is 70.4 Å². The minimum atomic E-state index is -0.878. The van der Waals surface area contributed by atoms with E-state index in [9.17, 15) is 4.79 Å². The van der Waals surface area contributed by atoms with Gasteiger partial charge >= 0.3 is 5.97 Å². The Bertz CT molecular complexity index is 299. The van der Waals surface area contributed by atoms with Gasteiger partial charge in [0.05, 0.1) is 0 Å². The van der Waals surface area contributed by atoms with Crippen molar-refractivity contribution in [1.82, 2.24) is 4.98 Å². The van der Waals surface area contributed by atoms with Gasteiger partial charge in [-0.1, -0.05) is 0 Å². The second-order valence-corrected chi connectivity index (χ2v) is 3.35. The van der Waals surface area contributed by atoms with Gasteiger partial charge in [0.2, 0.25) is 0 Å². The van der Waals surface area contributed by atoms with Gasteiger partial charge in [0.1, 0.15) is 5.69 Å². The molecular weight excluding hydrogens is 154 g/mol. The highest BCUT2D eigenvalue weighted by atomic mass is 16.4. The third kappa shape index (κ3) is 1.49. The van der Waals surface area contributed by atoms with E-state index in [0.717, 1.165) is 18.0 Å². The number of carboxylic acids is 1. The van der Waals surface area contributed by atoms with E-state index < -0.39 is 5.97 Å². The number of aromatic nitrogens is 1. The molecule has 0 spiro atoms. The average Bonchev–Trinajstić information content (AvgIpc) is 2.66. The van der Waals surface area contributed by atoms with Gasteiger partial charge in [-0.25, -0.2) is 4.79 Å². The van der Waals surface area contributed by atoms with Crippen LogP contribution in [0.3, 0.4) is 0 Å². The Morgan fingerprint density at radius 3 is 2.83 bits per heavy atom. The highest BCUT2D eigenvalue weighted by molar-refractivity contribution is 5.85. The minimum absolute atomic E-state index is 0.297. The van der Waals surface area contributed by atoms with Crippen LogP contribution in [-0.2, 0) is 6.42 Å². The maximum absolute atomic E-state index is 10.5. The van der Waals surface area contributed by atoms with E-state index in [0.29, 0.717) is 5.69 Å². The van der Waals surface area contributed by atoms with Gasteiger partial charge in [-0.2, -0.15) is 0 Å². The number of aromatic carboxylic acids is 1. The molecule has 1 aromatic heterocycles. The first kappa shape index (κ1) is 7.40. The molecule has 3 heteroatoms. The molecule has 0 aromatic carbocycles. The third-order valence-corrected chi connectivity index (χ3v) is 2.18. The Hall–Kier alpha value is -1.25. The Morgan fingerprint density at radius 2 is 2.33 bits per heavy atom. The zero-order valence-corrected chi connectivity index (χ0v) is 6.71. The first-order valence-corrected chi connectivity index (χ1v) is 4.17. The molecular formula is C9H11NO2. The summed E-state index contributed by atoms with van der Waals surface area (Å²) in [4.78, 5) is 13.4. The summed E-state index contributed by atoms with van der Waals surface area (Å²) in [6, 6.07) is 3.49. The third-order valence-electron chi connectivity index (χ3n) is 2.18. The SMILES string of the molecule is O=C(O)c1ccc(CC2CC2)[nH]1. The van der Waals surface area contributed by atoms with Crippen LogP contribution in [0.1, 0.15) is 29.0 Å². The number of nitrogens with one attached hydrogen (secondary N) is 1. The number of hydrogen-bond acceptors (Lipinski definition) is 1. The van der Waals surface area contributed by atoms with Crippen molar-refractivity contribution in [2.24, 2.45) is 5.92 Å². The van der Waals surface area contributed by atoms with Crippen LogP contribution in [0.25, 0.3) is 0 Å². The zero-order chi connectivity index (χ0) is 8.55. The molecule has 0 saturated heterocycles. The summed E-state index contributed by atoms with van der Waals surface area (Å²) in [5.41, 5.74) is 1.35. The monoisotopic (exact) mass is 165 g/mol. The fourth-order valence-electron chi connectivity index (χ4n) is 1.32. The zero-order valence-electron chi connectivity index (χ0n) is 6.71. The van der Waals surface area contributed by atoms with Gasteiger partial charge in [-0.3, -0.25) is 0 Å². The molecule has 1 heterocycles. The van der Waals surface area contributed by atoms with E-state index in [1.165, 1.54) is 12.8 Å². The van der Waals surface area contributed by atoms with Crippen molar-refractivity contribution in [2.75, 3.05) is 0 Å². The molecule has 0 amide bonds. The lowest BCUT2D eigenvalue weighted by molar-refractivity contribution is 0.0691. The number of hydrogen-bond donors (Lipinski definition) is 2. The Balaban J connectivity index is 2.06. The molecule has 1 aromatic rings. The van der Waals surface area contributed by atoms with E-state index in [2.05, 4.69) is 4.98 Å². The smallest absolute Gasteiger partial charge is 0.352 e. The van der Waals surface area contributed by atoms with Gasteiger partial charge in [0.15, 0.2) is 0 Å². The maximum atomic E-state index is 10.5. The normalized spacial score (nSPS) is 16.3. The van der Waals surface area contributed by atoms with E-state index in [4.69, 9.17) is 5.11 Å². The van der Waals surface area contributed by atoms with Crippen LogP contribution >= 0.6 is 0 Å². The van der Waals surface area contributed by atoms with Crippen LogP contribution < -0.4 is 0 Å². The Kier molecular flexibility index (Phi) is 1.64. The molecule has 1 aliphatic carbocycles. The van der Waals surface area contributed by atoms with Crippen molar-refractivity contribution >= 4 is 5.97 Å². The highest BCUT2D eigenvalue weighted by Crippen LogP contribution is 2.32. The summed E-state index contributed by atoms with van der Waals surface area (Å²) >= 11 is 0. The van der Waals surface area contributed by atoms with E-state index in [1.54, 1.807) is 6.07 Å². The topological polar surface area (TPSA) is 53.1 Å². The van der Waals surface area contributed by atoms with Crippen LogP contribution in [0.2, 0.25) is 0 Å². The lowest BCUT2D eigenvalue weighted by Crippen LogP contribution is -1.96. The molecule has 0 aliphatic heterocycles. The molecule has 12 heavy (non-hydrogen) atoms. The molecule has 0 unspecified atom stereocenters. The Morgan fingerprint density at radius 1 is 1.58 bits per heavy atom. The molecule has 2 N–H and O–H groups in total. The van der Waals surface area contributed by atoms with Crippen molar-refractivity contribution in [3.8, 4) is 0 Å². The average molecular weight is 165 g/mol. The first-order chi connectivity index (χ1) is 5.75. The fourth-order valence-corrected chi connectivity index (χ4v) is 1.32. The summed E-state index contributed by atoms with van der Waals surface area (Å²) in [6.07, 6.45) is 3.59. The van der Waals surface area contributed by atoms with Crippen molar-refractivity contribution in [1.29, 1.82) is 0 Å². The van der Waals surface area contributed by atoms with Gasteiger partial charge in [0.25, 0.3) is 0 Å². The van der Waals surface area contributed by atoms with Crippen LogP contribution in [0, 0.1) is 5.92 Å². The standard InChI is InChI=1S/C9H11NO2/c11-9(12)8-4-3-7(10-8)5-6-1-2-6/h3-4,6,10H,1-2,5H2,(H,11,12). The molecule has 3 nitrogen and oxygen atoms in total. The molecule has 0 radical (unpaired) electrons. The van der Waals surface area contributed by atoms with Gasteiger partial charge in [0, 0.05) is 5.69 Å². The number of H-pyrrole nitrogens is 1. The highest BCUT2D eigenvalue weighted by Gasteiger charge is 2.22. The van der Waals surface area contributed by atoms with Crippen molar-refractivity contribution in [3.63, 3.8) is 0 Å². The van der Waals surface area contributed by atoms with Crippen LogP contribution in [0.4, 0.5) is 0 Å². The quantitative estimate of drug-likeness (QED) is 0.715. The second kappa shape index (κ2) is 2.66. The predicted molar refractivity (Wildman–Crippen MR) is 44.2 cm³/mol. The summed E-state index contributed by atoms with van der Waals surface area (Å²) in [6.45, 7) is 0. The molecule has 1 fully saturated rings. The molecule has 2 rings (SSSR count). The lowest BCUT2D eigenvalue weighted by Gasteiger charge is -1.92. The van der Waals surface area contributed by atoms with Crippen molar-refractivity contribution in [2.45, 2.75) is 19.3 Å². The summed E-state index contributed by atoms with van der Waals surface area (Å²) in [5, 5.41) is 8.62. The van der Waals surface area contributed by atoms with E-state index >= 15 is 0 Å². The number of carbonyl (C=O) groups is 1. The van der Waals surface area contributed by atoms with E-state index in [-0.39, 0.29) is 0 Å². The second-order valence-electron chi connectivity index (χ2n) is 3.35. The van der Waals surface area contributed by atoms with Gasteiger partial charge in [-0.15, -0.1) is 0 Å². The number of aromatic amines is 1. The van der Waals surface area contributed by atoms with Crippen LogP contribution in [-0.4, -0.2) is 16.1 Å². The molecule has 64 valence electrons. The van der Waals surface area contributed by atoms with Crippen molar-refractivity contribution < 1.29 is 9.90 Å². The van der Waals surface area contributed by atoms with Crippen LogP contribution in [0.5, 0.6) is 0 Å². The first-order valence-electron chi connectivity index (χ1n) is 4.17. The fraction of sp³-hybridized carbons (Fsp3) is 0.444. The van der Waals surface area contributed by atoms with Crippen LogP contribution in [0.15, 0.2) is 12.1 Å². The molecule has 1 aliphatic rings. The predicted octanol–water partition coefficient (Wildman–Crippen LogP) is 1.67. The van der Waals surface area contributed by atoms with Crippen molar-refractivity contribution in [3.05, 3.63) is 23.5 Å². The van der Waals surface area contributed by atoms with Gasteiger partial charge < -0.3 is 10.1 Å². The summed E-state index contributed by atoms with van der Waals surface area (Å²) in [7, 11) is 0. The summed E-state index contributed by atoms with van der Waals surface area (Å²) in [5.74, 6) is -0.0812. The minimum Gasteiger partial charge on any atom is -0.477 e. The molecule has 0 atom stereocenters. The number of carboxylic acid groups (broad SMARTS) is 1. The summed E-state index contributed by atoms with van der Waals surface area (Å²) < 4.78 is 0. The van der Waals surface area contributed by atoms with Gasteiger partial charge in [-0.05, 0) is 37.3 Å². The molecule has 1 saturated carbocycles. The molecule has 0 bridgehead atoms. The van der Waals surface area contributed by atoms with E-state index in [1.807, 2.05) is 6.07 Å². The number of rotatable bonds is 3. The lowest BCUT2D eigenvalue weighted by atomic mass is 10.2. The maximum Gasteiger partial charge on any atom is 0.352 e. The largest absolute Gasteiger partial charge is 0.477 e.